The van der Waals surface area contributed by atoms with Crippen LogP contribution in [0.5, 0.6) is 0 Å². The first kappa shape index (κ1) is 23.8. The summed E-state index contributed by atoms with van der Waals surface area (Å²) >= 11 is 1.52. The highest BCUT2D eigenvalue weighted by Gasteiger charge is 2.31. The number of pyridine rings is 1. The third-order valence-electron chi connectivity index (χ3n) is 7.91. The lowest BCUT2D eigenvalue weighted by Gasteiger charge is -2.38. The summed E-state index contributed by atoms with van der Waals surface area (Å²) in [7, 11) is 0. The molecule has 0 radical (unpaired) electrons. The summed E-state index contributed by atoms with van der Waals surface area (Å²) in [5.74, 6) is -0.0797. The first-order valence-electron chi connectivity index (χ1n) is 13.5. The number of hydrogen-bond acceptors (Lipinski definition) is 6. The Hall–Kier alpha value is -3.33. The van der Waals surface area contributed by atoms with Crippen molar-refractivity contribution in [3.63, 3.8) is 0 Å². The summed E-state index contributed by atoms with van der Waals surface area (Å²) in [6.07, 6.45) is 5.99. The molecule has 2 amide bonds. The lowest BCUT2D eigenvalue weighted by Crippen LogP contribution is -2.50. The molecule has 0 atom stereocenters. The van der Waals surface area contributed by atoms with Gasteiger partial charge in [-0.1, -0.05) is 30.3 Å². The predicted octanol–water partition coefficient (Wildman–Crippen LogP) is 4.39. The van der Waals surface area contributed by atoms with E-state index >= 15 is 0 Å². The van der Waals surface area contributed by atoms with Gasteiger partial charge in [0.1, 0.15) is 5.69 Å². The van der Waals surface area contributed by atoms with Crippen molar-refractivity contribution in [2.24, 2.45) is 0 Å². The van der Waals surface area contributed by atoms with Gasteiger partial charge in [0.15, 0.2) is 0 Å². The molecule has 3 aromatic rings. The molecule has 2 fully saturated rings. The highest BCUT2D eigenvalue weighted by atomic mass is 32.1. The van der Waals surface area contributed by atoms with E-state index in [2.05, 4.69) is 22.4 Å². The van der Waals surface area contributed by atoms with Crippen molar-refractivity contribution in [2.45, 2.75) is 37.8 Å². The van der Waals surface area contributed by atoms with Crippen LogP contribution in [-0.2, 0) is 11.2 Å². The van der Waals surface area contributed by atoms with Crippen LogP contribution in [0.2, 0.25) is 0 Å². The third kappa shape index (κ3) is 4.46. The number of rotatable bonds is 5. The van der Waals surface area contributed by atoms with Crippen molar-refractivity contribution >= 4 is 34.4 Å². The minimum absolute atomic E-state index is 0.0122. The van der Waals surface area contributed by atoms with Gasteiger partial charge < -0.3 is 15.0 Å². The lowest BCUT2D eigenvalue weighted by molar-refractivity contribution is -0.0612. The molecule has 7 nitrogen and oxygen atoms in total. The number of thiophene rings is 1. The fraction of sp³-hybridized carbons (Fsp3) is 0.367. The van der Waals surface area contributed by atoms with Gasteiger partial charge >= 0.3 is 0 Å². The van der Waals surface area contributed by atoms with Gasteiger partial charge in [0, 0.05) is 36.1 Å². The number of anilines is 1. The highest BCUT2D eigenvalue weighted by Crippen LogP contribution is 2.42. The van der Waals surface area contributed by atoms with Gasteiger partial charge in [-0.25, -0.2) is 4.98 Å². The monoisotopic (exact) mass is 526 g/mol. The van der Waals surface area contributed by atoms with Crippen LogP contribution < -0.4 is 10.2 Å². The Morgan fingerprint density at radius 3 is 2.66 bits per heavy atom. The molecule has 1 aromatic carbocycles. The van der Waals surface area contributed by atoms with E-state index in [-0.39, 0.29) is 11.8 Å². The predicted molar refractivity (Wildman–Crippen MR) is 149 cm³/mol. The van der Waals surface area contributed by atoms with Gasteiger partial charge in [0.05, 0.1) is 35.5 Å². The maximum atomic E-state index is 13.9. The number of amides is 2. The van der Waals surface area contributed by atoms with Gasteiger partial charge in [-0.15, -0.1) is 11.3 Å². The van der Waals surface area contributed by atoms with Crippen molar-refractivity contribution in [1.29, 1.82) is 0 Å². The van der Waals surface area contributed by atoms with Crippen LogP contribution in [0, 0.1) is 0 Å². The first-order valence-corrected chi connectivity index (χ1v) is 14.3. The van der Waals surface area contributed by atoms with Crippen molar-refractivity contribution in [3.05, 3.63) is 76.4 Å². The van der Waals surface area contributed by atoms with E-state index in [1.165, 1.54) is 16.9 Å². The van der Waals surface area contributed by atoms with Crippen molar-refractivity contribution in [2.75, 3.05) is 37.7 Å². The maximum absolute atomic E-state index is 13.9. The Morgan fingerprint density at radius 1 is 1.03 bits per heavy atom. The molecule has 5 heterocycles. The number of carbonyl (C=O) groups excluding carboxylic acids is 2. The van der Waals surface area contributed by atoms with E-state index < -0.39 is 0 Å². The normalized spacial score (nSPS) is 19.6. The Balaban J connectivity index is 1.15. The first-order chi connectivity index (χ1) is 18.6. The second kappa shape index (κ2) is 9.76. The zero-order valence-corrected chi connectivity index (χ0v) is 22.0. The minimum Gasteiger partial charge on any atom is -0.378 e. The largest absolute Gasteiger partial charge is 0.378 e. The van der Waals surface area contributed by atoms with Crippen LogP contribution in [0.1, 0.15) is 50.7 Å². The standard InChI is InChI=1S/C30H30N4O3S/c35-29(31-21-8-9-21)27-16-20-12-15-34(26-7-2-1-4-23(26)28(20)38-27)30(36)25-6-3-5-24(32-25)19-10-13-33(14-11-19)22-17-37-18-22/h1-7,10,16,21-22H,8-9,11-15,17-18H2,(H,31,35). The number of nitrogens with zero attached hydrogens (tertiary/aromatic N) is 3. The Kier molecular flexibility index (Phi) is 6.11. The molecular formula is C30H30N4O3S. The lowest BCUT2D eigenvalue weighted by atomic mass is 10.0. The van der Waals surface area contributed by atoms with Gasteiger partial charge in [0.25, 0.3) is 11.8 Å². The van der Waals surface area contributed by atoms with E-state index in [1.807, 2.05) is 47.4 Å². The number of fused-ring (bicyclic) bond motifs is 3. The fourth-order valence-electron chi connectivity index (χ4n) is 5.46. The average molecular weight is 527 g/mol. The zero-order valence-electron chi connectivity index (χ0n) is 21.2. The van der Waals surface area contributed by atoms with E-state index in [0.717, 1.165) is 77.8 Å². The number of ether oxygens (including phenoxy) is 1. The molecule has 1 aliphatic carbocycles. The Labute approximate surface area is 226 Å². The molecule has 0 bridgehead atoms. The maximum Gasteiger partial charge on any atom is 0.276 e. The van der Waals surface area contributed by atoms with Crippen LogP contribution in [0.25, 0.3) is 16.0 Å². The summed E-state index contributed by atoms with van der Waals surface area (Å²) < 4.78 is 5.35. The molecule has 0 spiro atoms. The second-order valence-electron chi connectivity index (χ2n) is 10.5. The summed E-state index contributed by atoms with van der Waals surface area (Å²) in [5, 5.41) is 3.10. The van der Waals surface area contributed by atoms with Crippen LogP contribution >= 0.6 is 11.3 Å². The average Bonchev–Trinajstić information content (AvgIpc) is 3.66. The van der Waals surface area contributed by atoms with E-state index in [0.29, 0.717) is 30.7 Å². The molecule has 38 heavy (non-hydrogen) atoms. The number of aromatic nitrogens is 1. The SMILES string of the molecule is O=C(NC1CC1)c1cc2c(s1)-c1ccccc1N(C(=O)c1cccc(C3=CCN(C4COC4)CC3)n1)CC2. The molecule has 1 N–H and O–H groups in total. The van der Waals surface area contributed by atoms with Crippen molar-refractivity contribution in [1.82, 2.24) is 15.2 Å². The number of carbonyl (C=O) groups is 2. The molecule has 2 aromatic heterocycles. The van der Waals surface area contributed by atoms with E-state index in [1.54, 1.807) is 0 Å². The Bertz CT molecular complexity index is 1440. The Morgan fingerprint density at radius 2 is 1.89 bits per heavy atom. The molecule has 1 saturated heterocycles. The number of para-hydroxylation sites is 1. The molecule has 194 valence electrons. The molecule has 8 heteroatoms. The molecule has 7 rings (SSSR count). The van der Waals surface area contributed by atoms with Gasteiger partial charge in [-0.05, 0) is 61.1 Å². The minimum atomic E-state index is -0.0918. The summed E-state index contributed by atoms with van der Waals surface area (Å²) in [6.45, 7) is 4.07. The quantitative estimate of drug-likeness (QED) is 0.534. The fourth-order valence-corrected chi connectivity index (χ4v) is 6.60. The van der Waals surface area contributed by atoms with Crippen LogP contribution in [0.15, 0.2) is 54.6 Å². The molecular weight excluding hydrogens is 496 g/mol. The van der Waals surface area contributed by atoms with Crippen molar-refractivity contribution < 1.29 is 14.3 Å². The number of hydrogen-bond donors (Lipinski definition) is 1. The summed E-state index contributed by atoms with van der Waals surface area (Å²) in [5.41, 5.74) is 5.53. The van der Waals surface area contributed by atoms with Gasteiger partial charge in [0.2, 0.25) is 0 Å². The third-order valence-corrected chi connectivity index (χ3v) is 9.12. The van der Waals surface area contributed by atoms with Crippen LogP contribution in [-0.4, -0.2) is 66.6 Å². The zero-order chi connectivity index (χ0) is 25.6. The molecule has 3 aliphatic heterocycles. The second-order valence-corrected chi connectivity index (χ2v) is 11.6. The molecule has 1 saturated carbocycles. The van der Waals surface area contributed by atoms with E-state index in [4.69, 9.17) is 9.72 Å². The highest BCUT2D eigenvalue weighted by molar-refractivity contribution is 7.17. The molecule has 0 unspecified atom stereocenters. The van der Waals surface area contributed by atoms with Crippen LogP contribution in [0.3, 0.4) is 0 Å². The topological polar surface area (TPSA) is 74.8 Å². The van der Waals surface area contributed by atoms with Crippen molar-refractivity contribution in [3.8, 4) is 10.4 Å². The number of benzene rings is 1. The summed E-state index contributed by atoms with van der Waals surface area (Å²) in [6, 6.07) is 16.6. The van der Waals surface area contributed by atoms with E-state index in [9.17, 15) is 9.59 Å². The van der Waals surface area contributed by atoms with Crippen LogP contribution in [0.4, 0.5) is 5.69 Å². The van der Waals surface area contributed by atoms with Gasteiger partial charge in [-0.2, -0.15) is 0 Å². The summed E-state index contributed by atoms with van der Waals surface area (Å²) in [4.78, 5) is 37.6. The smallest absolute Gasteiger partial charge is 0.276 e. The number of nitrogens with one attached hydrogen (secondary N) is 1. The van der Waals surface area contributed by atoms with Gasteiger partial charge in [-0.3, -0.25) is 14.5 Å². The molecule has 4 aliphatic rings.